The standard InChI is InChI=1S/C14H21N3/c1-11-3-2-9-17(10-8-11)13-6-4-12(5-7-13)14(15)16/h4-7,11H,2-3,8-10H2,1H3,(H3,15,16). The van der Waals surface area contributed by atoms with E-state index < -0.39 is 0 Å². The summed E-state index contributed by atoms with van der Waals surface area (Å²) in [4.78, 5) is 2.44. The van der Waals surface area contributed by atoms with Gasteiger partial charge in [-0.1, -0.05) is 6.92 Å². The Kier molecular flexibility index (Phi) is 3.67. The molecule has 1 heterocycles. The van der Waals surface area contributed by atoms with Gasteiger partial charge < -0.3 is 10.6 Å². The number of hydrogen-bond donors (Lipinski definition) is 2. The number of benzene rings is 1. The number of rotatable bonds is 2. The van der Waals surface area contributed by atoms with E-state index in [0.29, 0.717) is 0 Å². The summed E-state index contributed by atoms with van der Waals surface area (Å²) in [7, 11) is 0. The molecule has 3 heteroatoms. The molecule has 1 atom stereocenters. The van der Waals surface area contributed by atoms with E-state index in [-0.39, 0.29) is 5.84 Å². The van der Waals surface area contributed by atoms with Gasteiger partial charge in [-0.25, -0.2) is 0 Å². The lowest BCUT2D eigenvalue weighted by Crippen LogP contribution is -2.24. The average Bonchev–Trinajstić information content (AvgIpc) is 2.54. The van der Waals surface area contributed by atoms with Crippen LogP contribution in [0.2, 0.25) is 0 Å². The van der Waals surface area contributed by atoms with Crippen LogP contribution in [0, 0.1) is 11.3 Å². The van der Waals surface area contributed by atoms with Crippen LogP contribution in [0.5, 0.6) is 0 Å². The van der Waals surface area contributed by atoms with Crippen molar-refractivity contribution in [1.82, 2.24) is 0 Å². The van der Waals surface area contributed by atoms with Crippen LogP contribution in [-0.4, -0.2) is 18.9 Å². The van der Waals surface area contributed by atoms with Crippen molar-refractivity contribution in [2.75, 3.05) is 18.0 Å². The maximum atomic E-state index is 7.38. The normalized spacial score (nSPS) is 21.0. The van der Waals surface area contributed by atoms with Crippen molar-refractivity contribution in [3.63, 3.8) is 0 Å². The lowest BCUT2D eigenvalue weighted by Gasteiger charge is -2.23. The number of nitrogen functional groups attached to an aromatic ring is 1. The van der Waals surface area contributed by atoms with Gasteiger partial charge in [0.05, 0.1) is 0 Å². The van der Waals surface area contributed by atoms with Gasteiger partial charge in [-0.3, -0.25) is 5.41 Å². The molecule has 0 aliphatic carbocycles. The molecule has 1 saturated heterocycles. The number of nitrogens with zero attached hydrogens (tertiary/aromatic N) is 1. The molecule has 1 aliphatic rings. The van der Waals surface area contributed by atoms with Gasteiger partial charge in [0.1, 0.15) is 5.84 Å². The molecule has 2 rings (SSSR count). The zero-order valence-electron chi connectivity index (χ0n) is 10.4. The summed E-state index contributed by atoms with van der Waals surface area (Å²) in [6, 6.07) is 8.03. The molecule has 0 amide bonds. The summed E-state index contributed by atoms with van der Waals surface area (Å²) in [6.07, 6.45) is 3.88. The SMILES string of the molecule is CC1CCCN(c2ccc(C(=N)N)cc2)CC1. The summed E-state index contributed by atoms with van der Waals surface area (Å²) in [5.41, 5.74) is 7.51. The quantitative estimate of drug-likeness (QED) is 0.607. The zero-order valence-corrected chi connectivity index (χ0v) is 10.4. The molecule has 17 heavy (non-hydrogen) atoms. The Labute approximate surface area is 103 Å². The highest BCUT2D eigenvalue weighted by Crippen LogP contribution is 2.22. The molecule has 1 unspecified atom stereocenters. The molecule has 0 saturated carbocycles. The fraction of sp³-hybridized carbons (Fsp3) is 0.500. The van der Waals surface area contributed by atoms with E-state index in [1.807, 2.05) is 12.1 Å². The van der Waals surface area contributed by atoms with Gasteiger partial charge in [-0.05, 0) is 49.4 Å². The Morgan fingerprint density at radius 3 is 2.59 bits per heavy atom. The Morgan fingerprint density at radius 2 is 1.94 bits per heavy atom. The van der Waals surface area contributed by atoms with E-state index >= 15 is 0 Å². The van der Waals surface area contributed by atoms with Gasteiger partial charge in [-0.2, -0.15) is 0 Å². The maximum absolute atomic E-state index is 7.38. The summed E-state index contributed by atoms with van der Waals surface area (Å²) in [5, 5.41) is 7.38. The van der Waals surface area contributed by atoms with Crippen LogP contribution < -0.4 is 10.6 Å². The van der Waals surface area contributed by atoms with Crippen molar-refractivity contribution in [3.05, 3.63) is 29.8 Å². The van der Waals surface area contributed by atoms with Crippen LogP contribution in [0.15, 0.2) is 24.3 Å². The Hall–Kier alpha value is -1.51. The van der Waals surface area contributed by atoms with E-state index in [9.17, 15) is 0 Å². The summed E-state index contributed by atoms with van der Waals surface area (Å²) in [5.74, 6) is 0.984. The Balaban J connectivity index is 2.08. The van der Waals surface area contributed by atoms with Crippen LogP contribution >= 0.6 is 0 Å². The van der Waals surface area contributed by atoms with Crippen LogP contribution in [0.3, 0.4) is 0 Å². The molecule has 92 valence electrons. The van der Waals surface area contributed by atoms with Crippen molar-refractivity contribution in [2.24, 2.45) is 11.7 Å². The van der Waals surface area contributed by atoms with Gasteiger partial charge in [0.25, 0.3) is 0 Å². The first-order valence-electron chi connectivity index (χ1n) is 6.36. The highest BCUT2D eigenvalue weighted by molar-refractivity contribution is 5.95. The van der Waals surface area contributed by atoms with Crippen LogP contribution in [0.25, 0.3) is 0 Å². The first-order valence-corrected chi connectivity index (χ1v) is 6.36. The fourth-order valence-electron chi connectivity index (χ4n) is 2.37. The molecule has 1 aromatic carbocycles. The lowest BCUT2D eigenvalue weighted by atomic mass is 10.0. The van der Waals surface area contributed by atoms with Crippen molar-refractivity contribution in [2.45, 2.75) is 26.2 Å². The van der Waals surface area contributed by atoms with E-state index in [1.165, 1.54) is 24.9 Å². The van der Waals surface area contributed by atoms with E-state index in [4.69, 9.17) is 11.1 Å². The number of hydrogen-bond acceptors (Lipinski definition) is 2. The number of amidine groups is 1. The monoisotopic (exact) mass is 231 g/mol. The van der Waals surface area contributed by atoms with Crippen LogP contribution in [-0.2, 0) is 0 Å². The molecular weight excluding hydrogens is 210 g/mol. The minimum atomic E-state index is 0.140. The topological polar surface area (TPSA) is 53.1 Å². The van der Waals surface area contributed by atoms with E-state index in [1.54, 1.807) is 0 Å². The Morgan fingerprint density at radius 1 is 1.24 bits per heavy atom. The Bertz CT molecular complexity index is 383. The number of nitrogens with one attached hydrogen (secondary N) is 1. The minimum absolute atomic E-state index is 0.140. The summed E-state index contributed by atoms with van der Waals surface area (Å²) < 4.78 is 0. The first-order chi connectivity index (χ1) is 8.16. The molecule has 0 aromatic heterocycles. The number of nitrogens with two attached hydrogens (primary N) is 1. The second kappa shape index (κ2) is 5.21. The third kappa shape index (κ3) is 2.99. The van der Waals surface area contributed by atoms with E-state index in [0.717, 1.165) is 24.6 Å². The molecule has 0 spiro atoms. The highest BCUT2D eigenvalue weighted by atomic mass is 15.1. The largest absolute Gasteiger partial charge is 0.384 e. The van der Waals surface area contributed by atoms with Crippen molar-refractivity contribution < 1.29 is 0 Å². The second-order valence-electron chi connectivity index (χ2n) is 4.98. The third-order valence-corrected chi connectivity index (χ3v) is 3.56. The smallest absolute Gasteiger partial charge is 0.122 e. The fourth-order valence-corrected chi connectivity index (χ4v) is 2.37. The minimum Gasteiger partial charge on any atom is -0.384 e. The maximum Gasteiger partial charge on any atom is 0.122 e. The average molecular weight is 231 g/mol. The second-order valence-corrected chi connectivity index (χ2v) is 4.98. The first kappa shape index (κ1) is 12.0. The summed E-state index contributed by atoms with van der Waals surface area (Å²) >= 11 is 0. The molecule has 1 aliphatic heterocycles. The van der Waals surface area contributed by atoms with Crippen LogP contribution in [0.1, 0.15) is 31.7 Å². The number of anilines is 1. The predicted molar refractivity (Wildman–Crippen MR) is 72.7 cm³/mol. The molecule has 0 radical (unpaired) electrons. The van der Waals surface area contributed by atoms with Gasteiger partial charge in [0.2, 0.25) is 0 Å². The lowest BCUT2D eigenvalue weighted by molar-refractivity contribution is 0.521. The zero-order chi connectivity index (χ0) is 12.3. The third-order valence-electron chi connectivity index (χ3n) is 3.56. The van der Waals surface area contributed by atoms with E-state index in [2.05, 4.69) is 24.0 Å². The van der Waals surface area contributed by atoms with Crippen molar-refractivity contribution in [1.29, 1.82) is 5.41 Å². The molecule has 3 nitrogen and oxygen atoms in total. The molecular formula is C14H21N3. The predicted octanol–water partition coefficient (Wildman–Crippen LogP) is 2.60. The molecule has 3 N–H and O–H groups in total. The molecule has 1 aromatic rings. The molecule has 0 bridgehead atoms. The van der Waals surface area contributed by atoms with Crippen molar-refractivity contribution >= 4 is 11.5 Å². The van der Waals surface area contributed by atoms with Crippen molar-refractivity contribution in [3.8, 4) is 0 Å². The van der Waals surface area contributed by atoms with Crippen LogP contribution in [0.4, 0.5) is 5.69 Å². The highest BCUT2D eigenvalue weighted by Gasteiger charge is 2.13. The van der Waals surface area contributed by atoms with Gasteiger partial charge in [-0.15, -0.1) is 0 Å². The summed E-state index contributed by atoms with van der Waals surface area (Å²) in [6.45, 7) is 4.62. The van der Waals surface area contributed by atoms with Gasteiger partial charge in [0, 0.05) is 24.3 Å². The van der Waals surface area contributed by atoms with Gasteiger partial charge >= 0.3 is 0 Å². The molecule has 1 fully saturated rings. The van der Waals surface area contributed by atoms with Gasteiger partial charge in [0.15, 0.2) is 0 Å².